The van der Waals surface area contributed by atoms with Gasteiger partial charge in [0.15, 0.2) is 0 Å². The number of benzene rings is 1. The van der Waals surface area contributed by atoms with Crippen molar-refractivity contribution in [2.24, 2.45) is 5.73 Å². The summed E-state index contributed by atoms with van der Waals surface area (Å²) in [5.74, 6) is -0.752. The van der Waals surface area contributed by atoms with Gasteiger partial charge in [0.25, 0.3) is 0 Å². The Morgan fingerprint density at radius 1 is 1.20 bits per heavy atom. The van der Waals surface area contributed by atoms with Crippen LogP contribution in [0.5, 0.6) is 0 Å². The van der Waals surface area contributed by atoms with Crippen LogP contribution in [0, 0.1) is 0 Å². The Kier molecular flexibility index (Phi) is 5.70. The van der Waals surface area contributed by atoms with Crippen LogP contribution in [-0.4, -0.2) is 24.0 Å². The van der Waals surface area contributed by atoms with E-state index in [0.717, 1.165) is 0 Å². The Labute approximate surface area is 119 Å². The van der Waals surface area contributed by atoms with Gasteiger partial charge in [-0.1, -0.05) is 26.0 Å². The molecule has 0 aliphatic rings. The summed E-state index contributed by atoms with van der Waals surface area (Å²) in [7, 11) is 0. The molecule has 0 heterocycles. The van der Waals surface area contributed by atoms with Crippen molar-refractivity contribution in [1.29, 1.82) is 0 Å². The Balaban J connectivity index is 2.98. The fourth-order valence-electron chi connectivity index (χ4n) is 1.80. The van der Waals surface area contributed by atoms with E-state index in [1.165, 1.54) is 0 Å². The molecule has 3 N–H and O–H groups in total. The highest BCUT2D eigenvalue weighted by Gasteiger charge is 2.30. The molecule has 110 valence electrons. The van der Waals surface area contributed by atoms with E-state index in [1.54, 1.807) is 31.2 Å². The smallest absolute Gasteiger partial charge is 0.340 e. The average Bonchev–Trinajstić information content (AvgIpc) is 2.47. The summed E-state index contributed by atoms with van der Waals surface area (Å²) in [6.45, 7) is 5.74. The van der Waals surface area contributed by atoms with Crippen molar-refractivity contribution in [3.63, 3.8) is 0 Å². The molecule has 0 aliphatic heterocycles. The van der Waals surface area contributed by atoms with Gasteiger partial charge in [-0.3, -0.25) is 4.79 Å². The van der Waals surface area contributed by atoms with Crippen LogP contribution in [0.2, 0.25) is 0 Å². The molecule has 0 aromatic heterocycles. The van der Waals surface area contributed by atoms with Crippen molar-refractivity contribution in [2.75, 3.05) is 11.9 Å². The van der Waals surface area contributed by atoms with Crippen molar-refractivity contribution >= 4 is 17.6 Å². The van der Waals surface area contributed by atoms with Crippen LogP contribution >= 0.6 is 0 Å². The van der Waals surface area contributed by atoms with Gasteiger partial charge in [-0.2, -0.15) is 0 Å². The number of nitrogens with one attached hydrogen (secondary N) is 1. The average molecular weight is 278 g/mol. The van der Waals surface area contributed by atoms with Crippen molar-refractivity contribution in [3.8, 4) is 0 Å². The zero-order valence-electron chi connectivity index (χ0n) is 12.2. The number of esters is 1. The first-order valence-corrected chi connectivity index (χ1v) is 6.85. The molecule has 0 saturated carbocycles. The van der Waals surface area contributed by atoms with Crippen molar-refractivity contribution in [1.82, 2.24) is 0 Å². The van der Waals surface area contributed by atoms with Crippen LogP contribution in [0.15, 0.2) is 24.3 Å². The van der Waals surface area contributed by atoms with Gasteiger partial charge < -0.3 is 15.8 Å². The second-order valence-electron chi connectivity index (χ2n) is 4.58. The lowest BCUT2D eigenvalue weighted by Crippen LogP contribution is -2.50. The normalized spacial score (nSPS) is 11.0. The summed E-state index contributed by atoms with van der Waals surface area (Å²) in [5, 5.41) is 2.73. The van der Waals surface area contributed by atoms with E-state index in [0.29, 0.717) is 24.1 Å². The second kappa shape index (κ2) is 7.05. The molecule has 1 aromatic rings. The molecule has 0 atom stereocenters. The lowest BCUT2D eigenvalue weighted by Gasteiger charge is -2.25. The van der Waals surface area contributed by atoms with E-state index in [4.69, 9.17) is 10.5 Å². The lowest BCUT2D eigenvalue weighted by molar-refractivity contribution is -0.121. The third-order valence-corrected chi connectivity index (χ3v) is 3.38. The fourth-order valence-corrected chi connectivity index (χ4v) is 1.80. The van der Waals surface area contributed by atoms with E-state index in [1.807, 2.05) is 13.8 Å². The van der Waals surface area contributed by atoms with Crippen molar-refractivity contribution < 1.29 is 14.3 Å². The van der Waals surface area contributed by atoms with Gasteiger partial charge >= 0.3 is 5.97 Å². The molecular formula is C15H22N2O3. The number of hydrogen-bond acceptors (Lipinski definition) is 4. The van der Waals surface area contributed by atoms with Gasteiger partial charge in [0.2, 0.25) is 5.91 Å². The van der Waals surface area contributed by atoms with Gasteiger partial charge in [-0.25, -0.2) is 4.79 Å². The Hall–Kier alpha value is -1.88. The van der Waals surface area contributed by atoms with E-state index in [9.17, 15) is 9.59 Å². The van der Waals surface area contributed by atoms with Crippen LogP contribution in [0.25, 0.3) is 0 Å². The minimum absolute atomic E-state index is 0.284. The van der Waals surface area contributed by atoms with Crippen LogP contribution < -0.4 is 11.1 Å². The topological polar surface area (TPSA) is 81.4 Å². The van der Waals surface area contributed by atoms with Gasteiger partial charge in [-0.15, -0.1) is 0 Å². The number of hydrogen-bond donors (Lipinski definition) is 2. The summed E-state index contributed by atoms with van der Waals surface area (Å²) < 4.78 is 4.97. The predicted molar refractivity (Wildman–Crippen MR) is 78.5 cm³/mol. The number of nitrogens with two attached hydrogens (primary N) is 1. The maximum atomic E-state index is 12.2. The number of anilines is 1. The third kappa shape index (κ3) is 3.57. The molecule has 1 aromatic carbocycles. The molecular weight excluding hydrogens is 256 g/mol. The first-order chi connectivity index (χ1) is 9.48. The molecule has 0 spiro atoms. The first kappa shape index (κ1) is 16.2. The monoisotopic (exact) mass is 278 g/mol. The summed E-state index contributed by atoms with van der Waals surface area (Å²) in [4.78, 5) is 24.1. The number of amides is 1. The predicted octanol–water partition coefficient (Wildman–Crippen LogP) is 2.32. The fraction of sp³-hybridized carbons (Fsp3) is 0.467. The van der Waals surface area contributed by atoms with E-state index < -0.39 is 11.5 Å². The summed E-state index contributed by atoms with van der Waals surface area (Å²) in [6.07, 6.45) is 1.05. The molecule has 0 aliphatic carbocycles. The lowest BCUT2D eigenvalue weighted by atomic mass is 9.93. The van der Waals surface area contributed by atoms with Crippen LogP contribution in [0.1, 0.15) is 44.0 Å². The Morgan fingerprint density at radius 2 is 1.80 bits per heavy atom. The Morgan fingerprint density at radius 3 is 2.35 bits per heavy atom. The molecule has 5 heteroatoms. The maximum absolute atomic E-state index is 12.2. The second-order valence-corrected chi connectivity index (χ2v) is 4.58. The van der Waals surface area contributed by atoms with Crippen LogP contribution in [0.3, 0.4) is 0 Å². The van der Waals surface area contributed by atoms with Gasteiger partial charge in [-0.05, 0) is 31.9 Å². The van der Waals surface area contributed by atoms with E-state index in [-0.39, 0.29) is 12.5 Å². The summed E-state index contributed by atoms with van der Waals surface area (Å²) >= 11 is 0. The minimum Gasteiger partial charge on any atom is -0.462 e. The molecule has 5 nitrogen and oxygen atoms in total. The van der Waals surface area contributed by atoms with E-state index in [2.05, 4.69) is 5.32 Å². The summed E-state index contributed by atoms with van der Waals surface area (Å²) in [5.41, 5.74) is 5.87. The molecule has 0 fully saturated rings. The standard InChI is InChI=1S/C15H22N2O3/c1-4-15(16,5-2)14(19)17-12-10-8-7-9-11(12)13(18)20-6-3/h7-10H,4-6,16H2,1-3H3,(H,17,19). The number of carbonyl (C=O) groups excluding carboxylic acids is 2. The summed E-state index contributed by atoms with van der Waals surface area (Å²) in [6, 6.07) is 6.74. The highest BCUT2D eigenvalue weighted by atomic mass is 16.5. The molecule has 0 bridgehead atoms. The quantitative estimate of drug-likeness (QED) is 0.782. The maximum Gasteiger partial charge on any atom is 0.340 e. The molecule has 0 unspecified atom stereocenters. The number of para-hydroxylation sites is 1. The van der Waals surface area contributed by atoms with Gasteiger partial charge in [0.05, 0.1) is 23.4 Å². The van der Waals surface area contributed by atoms with Crippen LogP contribution in [0.4, 0.5) is 5.69 Å². The van der Waals surface area contributed by atoms with Crippen LogP contribution in [-0.2, 0) is 9.53 Å². The highest BCUT2D eigenvalue weighted by molar-refractivity contribution is 6.04. The van der Waals surface area contributed by atoms with E-state index >= 15 is 0 Å². The SMILES string of the molecule is CCOC(=O)c1ccccc1NC(=O)C(N)(CC)CC. The molecule has 0 radical (unpaired) electrons. The van der Waals surface area contributed by atoms with Gasteiger partial charge in [0.1, 0.15) is 0 Å². The number of rotatable bonds is 6. The highest BCUT2D eigenvalue weighted by Crippen LogP contribution is 2.20. The minimum atomic E-state index is -0.929. The Bertz CT molecular complexity index is 482. The third-order valence-electron chi connectivity index (χ3n) is 3.38. The zero-order chi connectivity index (χ0) is 15.2. The first-order valence-electron chi connectivity index (χ1n) is 6.85. The largest absolute Gasteiger partial charge is 0.462 e. The van der Waals surface area contributed by atoms with Crippen molar-refractivity contribution in [2.45, 2.75) is 39.2 Å². The number of ether oxygens (including phenoxy) is 1. The molecule has 1 rings (SSSR count). The van der Waals surface area contributed by atoms with Crippen molar-refractivity contribution in [3.05, 3.63) is 29.8 Å². The van der Waals surface area contributed by atoms with Gasteiger partial charge in [0, 0.05) is 0 Å². The molecule has 1 amide bonds. The molecule has 20 heavy (non-hydrogen) atoms. The zero-order valence-corrected chi connectivity index (χ0v) is 12.2. The molecule has 0 saturated heterocycles. The number of carbonyl (C=O) groups is 2.